The molecule has 0 spiro atoms. The summed E-state index contributed by atoms with van der Waals surface area (Å²) >= 11 is 12.2. The second-order valence-electron chi connectivity index (χ2n) is 7.89. The Bertz CT molecular complexity index is 1570. The summed E-state index contributed by atoms with van der Waals surface area (Å²) in [6.45, 7) is 0. The third-order valence-corrected chi connectivity index (χ3v) is 5.94. The topological polar surface area (TPSA) is 182 Å². The molecule has 1 aromatic heterocycles. The number of hydrogen-bond acceptors (Lipinski definition) is 12. The largest absolute Gasteiger partial charge is 0.495 e. The molecule has 16 heteroatoms. The van der Waals surface area contributed by atoms with E-state index in [0.29, 0.717) is 11.4 Å². The van der Waals surface area contributed by atoms with E-state index in [-0.39, 0.29) is 50.1 Å². The van der Waals surface area contributed by atoms with E-state index in [1.165, 1.54) is 62.0 Å². The Balaban J connectivity index is 1.65. The van der Waals surface area contributed by atoms with Crippen molar-refractivity contribution in [2.45, 2.75) is 0 Å². The Morgan fingerprint density at radius 2 is 1.37 bits per heavy atom. The van der Waals surface area contributed by atoms with Gasteiger partial charge in [-0.25, -0.2) is 5.43 Å². The van der Waals surface area contributed by atoms with Gasteiger partial charge in [-0.2, -0.15) is 20.2 Å². The molecule has 0 aliphatic carbocycles. The van der Waals surface area contributed by atoms with Crippen LogP contribution in [0.3, 0.4) is 0 Å². The Kier molecular flexibility index (Phi) is 9.19. The van der Waals surface area contributed by atoms with Gasteiger partial charge in [0.15, 0.2) is 5.82 Å². The third-order valence-electron chi connectivity index (χ3n) is 5.28. The maximum absolute atomic E-state index is 11.4. The van der Waals surface area contributed by atoms with Gasteiger partial charge in [0, 0.05) is 18.2 Å². The minimum Gasteiger partial charge on any atom is -0.495 e. The third kappa shape index (κ3) is 7.20. The molecule has 1 heterocycles. The van der Waals surface area contributed by atoms with Crippen LogP contribution in [-0.2, 0) is 0 Å². The summed E-state index contributed by atoms with van der Waals surface area (Å²) in [7, 11) is 1.52. The molecule has 41 heavy (non-hydrogen) atoms. The lowest BCUT2D eigenvalue weighted by Gasteiger charge is -2.12. The van der Waals surface area contributed by atoms with Crippen LogP contribution in [0.2, 0.25) is 10.0 Å². The van der Waals surface area contributed by atoms with Crippen molar-refractivity contribution in [3.05, 3.63) is 108 Å². The molecule has 4 aromatic rings. The lowest BCUT2D eigenvalue weighted by molar-refractivity contribution is -0.385. The number of hydrogen-bond donors (Lipinski definition) is 3. The molecule has 4 rings (SSSR count). The highest BCUT2D eigenvalue weighted by atomic mass is 35.5. The maximum atomic E-state index is 11.4. The van der Waals surface area contributed by atoms with Gasteiger partial charge in [0.2, 0.25) is 5.95 Å². The second-order valence-corrected chi connectivity index (χ2v) is 8.70. The van der Waals surface area contributed by atoms with Crippen LogP contribution in [0.15, 0.2) is 76.9 Å². The lowest BCUT2D eigenvalue weighted by atomic mass is 10.2. The van der Waals surface area contributed by atoms with Crippen molar-refractivity contribution < 1.29 is 14.6 Å². The van der Waals surface area contributed by atoms with E-state index in [9.17, 15) is 20.2 Å². The second kappa shape index (κ2) is 13.1. The summed E-state index contributed by atoms with van der Waals surface area (Å²) in [6, 6.07) is 17.1. The number of nitrogens with one attached hydrogen (secondary N) is 3. The molecule has 0 bridgehead atoms. The zero-order valence-electron chi connectivity index (χ0n) is 21.0. The van der Waals surface area contributed by atoms with Gasteiger partial charge < -0.3 is 10.1 Å². The van der Waals surface area contributed by atoms with Crippen molar-refractivity contribution in [3.63, 3.8) is 0 Å². The van der Waals surface area contributed by atoms with Gasteiger partial charge in [0.1, 0.15) is 11.6 Å². The predicted molar refractivity (Wildman–Crippen MR) is 157 cm³/mol. The van der Waals surface area contributed by atoms with E-state index in [2.05, 4.69) is 36.3 Å². The summed E-state index contributed by atoms with van der Waals surface area (Å²) in [5.74, 6) is 0.956. The summed E-state index contributed by atoms with van der Waals surface area (Å²) in [5, 5.41) is 34.1. The van der Waals surface area contributed by atoms with E-state index >= 15 is 0 Å². The van der Waals surface area contributed by atoms with E-state index in [0.717, 1.165) is 0 Å². The molecule has 0 aliphatic heterocycles. The smallest absolute Gasteiger partial charge is 0.279 e. The van der Waals surface area contributed by atoms with Crippen LogP contribution >= 0.6 is 23.2 Å². The molecular weight excluding hydrogens is 577 g/mol. The zero-order chi connectivity index (χ0) is 29.4. The van der Waals surface area contributed by atoms with E-state index in [1.807, 2.05) is 0 Å². The monoisotopic (exact) mass is 595 g/mol. The molecular formula is C25H19Cl2N9O5. The molecule has 208 valence electrons. The number of hydrazone groups is 2. The van der Waals surface area contributed by atoms with Crippen LogP contribution in [0.4, 0.5) is 34.6 Å². The minimum absolute atomic E-state index is 0.0303. The molecule has 0 unspecified atom stereocenters. The highest BCUT2D eigenvalue weighted by molar-refractivity contribution is 6.34. The van der Waals surface area contributed by atoms with E-state index in [4.69, 9.17) is 27.9 Å². The van der Waals surface area contributed by atoms with Gasteiger partial charge in [-0.1, -0.05) is 47.5 Å². The number of halogens is 2. The molecule has 14 nitrogen and oxygen atoms in total. The van der Waals surface area contributed by atoms with Crippen molar-refractivity contribution in [2.75, 3.05) is 23.3 Å². The van der Waals surface area contributed by atoms with Crippen LogP contribution in [0.5, 0.6) is 5.75 Å². The number of benzene rings is 3. The van der Waals surface area contributed by atoms with Gasteiger partial charge >= 0.3 is 0 Å². The maximum Gasteiger partial charge on any atom is 0.279 e. The number of nitro groups is 2. The predicted octanol–water partition coefficient (Wildman–Crippen LogP) is 6.24. The summed E-state index contributed by atoms with van der Waals surface area (Å²) in [5.41, 5.74) is 5.61. The average molecular weight is 596 g/mol. The SMILES string of the molecule is COc1ccccc1Nc1cc(NN=Cc2c(Cl)cccc2[N+](=O)[O-])nc(NN=Cc2c(Cl)cccc2[N+](=O)[O-])n1. The van der Waals surface area contributed by atoms with Crippen molar-refractivity contribution >= 4 is 70.3 Å². The van der Waals surface area contributed by atoms with E-state index in [1.54, 1.807) is 24.3 Å². The fourth-order valence-electron chi connectivity index (χ4n) is 3.45. The fourth-order valence-corrected chi connectivity index (χ4v) is 3.88. The average Bonchev–Trinajstić information content (AvgIpc) is 2.94. The quantitative estimate of drug-likeness (QED) is 0.102. The van der Waals surface area contributed by atoms with Gasteiger partial charge in [0.25, 0.3) is 11.4 Å². The van der Waals surface area contributed by atoms with E-state index < -0.39 is 9.85 Å². The molecule has 0 saturated carbocycles. The van der Waals surface area contributed by atoms with Gasteiger partial charge in [-0.05, 0) is 24.3 Å². The van der Waals surface area contributed by atoms with Crippen molar-refractivity contribution in [1.29, 1.82) is 0 Å². The van der Waals surface area contributed by atoms with Crippen LogP contribution in [0.1, 0.15) is 11.1 Å². The van der Waals surface area contributed by atoms with Gasteiger partial charge in [-0.3, -0.25) is 25.7 Å². The molecule has 0 fully saturated rings. The molecule has 3 N–H and O–H groups in total. The number of aromatic nitrogens is 2. The number of ether oxygens (including phenoxy) is 1. The number of rotatable bonds is 11. The van der Waals surface area contributed by atoms with Crippen molar-refractivity contribution in [2.24, 2.45) is 10.2 Å². The van der Waals surface area contributed by atoms with Gasteiger partial charge in [-0.15, -0.1) is 0 Å². The van der Waals surface area contributed by atoms with Gasteiger partial charge in [0.05, 0.1) is 56.2 Å². The Morgan fingerprint density at radius 3 is 1.95 bits per heavy atom. The first-order valence-corrected chi connectivity index (χ1v) is 12.3. The number of anilines is 4. The summed E-state index contributed by atoms with van der Waals surface area (Å²) < 4.78 is 5.37. The van der Waals surface area contributed by atoms with Crippen LogP contribution < -0.4 is 20.9 Å². The minimum atomic E-state index is -0.578. The highest BCUT2D eigenvalue weighted by Crippen LogP contribution is 2.28. The number of para-hydroxylation sites is 2. The molecule has 0 saturated heterocycles. The van der Waals surface area contributed by atoms with Crippen LogP contribution in [0, 0.1) is 20.2 Å². The Labute approximate surface area is 242 Å². The van der Waals surface area contributed by atoms with Crippen molar-refractivity contribution in [3.8, 4) is 5.75 Å². The molecule has 0 aliphatic rings. The standard InChI is InChI=1S/C25H19Cl2N9O5/c1-41-22-11-3-2-8-19(22)30-23-12-24(33-28-13-15-17(26)6-4-9-20(15)35(37)38)32-25(31-23)34-29-14-16-18(27)7-5-10-21(16)36(39)40/h2-14H,1H3,(H3,30,31,32,33,34). The first-order valence-electron chi connectivity index (χ1n) is 11.5. The van der Waals surface area contributed by atoms with Crippen molar-refractivity contribution in [1.82, 2.24) is 9.97 Å². The molecule has 0 amide bonds. The highest BCUT2D eigenvalue weighted by Gasteiger charge is 2.16. The molecule has 3 aromatic carbocycles. The summed E-state index contributed by atoms with van der Waals surface area (Å²) in [4.78, 5) is 30.2. The Morgan fingerprint density at radius 1 is 0.805 bits per heavy atom. The lowest BCUT2D eigenvalue weighted by Crippen LogP contribution is -2.05. The zero-order valence-corrected chi connectivity index (χ0v) is 22.5. The number of methoxy groups -OCH3 is 1. The normalized spacial score (nSPS) is 11.0. The number of nitro benzene ring substituents is 2. The molecule has 0 radical (unpaired) electrons. The first-order chi connectivity index (χ1) is 19.8. The molecule has 0 atom stereocenters. The fraction of sp³-hybridized carbons (Fsp3) is 0.0400. The van der Waals surface area contributed by atoms with Crippen LogP contribution in [-0.4, -0.2) is 39.4 Å². The Hall–Kier alpha value is -5.34. The van der Waals surface area contributed by atoms with Crippen LogP contribution in [0.25, 0.3) is 0 Å². The summed E-state index contributed by atoms with van der Waals surface area (Å²) in [6.07, 6.45) is 2.36. The first kappa shape index (κ1) is 28.7. The number of nitrogens with zero attached hydrogens (tertiary/aromatic N) is 6.